The first-order valence-corrected chi connectivity index (χ1v) is 8.29. The third-order valence-corrected chi connectivity index (χ3v) is 4.35. The fraction of sp³-hybridized carbons (Fsp3) is 0.263. The van der Waals surface area contributed by atoms with Crippen molar-refractivity contribution in [3.8, 4) is 17.1 Å². The molecule has 0 amide bonds. The minimum Gasteiger partial charge on any atom is -0.506 e. The van der Waals surface area contributed by atoms with Crippen LogP contribution in [-0.2, 0) is 12.8 Å². The molecule has 1 aromatic carbocycles. The van der Waals surface area contributed by atoms with Crippen LogP contribution >= 0.6 is 0 Å². The molecule has 6 nitrogen and oxygen atoms in total. The summed E-state index contributed by atoms with van der Waals surface area (Å²) in [6, 6.07) is 8.03. The van der Waals surface area contributed by atoms with Crippen LogP contribution in [0.5, 0.6) is 5.75 Å². The van der Waals surface area contributed by atoms with Crippen LogP contribution in [0.15, 0.2) is 29.1 Å². The van der Waals surface area contributed by atoms with E-state index in [0.717, 1.165) is 23.7 Å². The van der Waals surface area contributed by atoms with Gasteiger partial charge in [-0.25, -0.2) is 4.79 Å². The lowest BCUT2D eigenvalue weighted by Gasteiger charge is -2.10. The molecule has 0 fully saturated rings. The largest absolute Gasteiger partial charge is 0.506 e. The number of aromatic hydroxyl groups is 1. The van der Waals surface area contributed by atoms with Gasteiger partial charge in [0.25, 0.3) is 5.56 Å². The van der Waals surface area contributed by atoms with Crippen molar-refractivity contribution in [1.29, 1.82) is 0 Å². The number of pyridine rings is 1. The number of nitrogens with one attached hydrogen (secondary N) is 2. The second-order valence-corrected chi connectivity index (χ2v) is 6.04. The molecule has 0 radical (unpaired) electrons. The maximum Gasteiger partial charge on any atom is 0.345 e. The Labute approximate surface area is 144 Å². The summed E-state index contributed by atoms with van der Waals surface area (Å²) in [4.78, 5) is 29.2. The highest BCUT2D eigenvalue weighted by Crippen LogP contribution is 2.31. The standard InChI is InChI=1S/C19H20N2O4/c1-3-5-10-6-7-11-9-14(20-13(11)8-10)16-12(4-2)17(22)15(19(24)25)18(23)21-16/h6-9,20H,3-5H2,1-2H3,(H,24,25)(H2,21,22,23). The van der Waals surface area contributed by atoms with E-state index in [1.54, 1.807) is 6.92 Å². The van der Waals surface area contributed by atoms with Gasteiger partial charge in [-0.05, 0) is 30.5 Å². The van der Waals surface area contributed by atoms with Crippen molar-refractivity contribution < 1.29 is 15.0 Å². The van der Waals surface area contributed by atoms with Gasteiger partial charge in [0, 0.05) is 16.5 Å². The zero-order chi connectivity index (χ0) is 18.1. The van der Waals surface area contributed by atoms with Crippen LogP contribution in [0.1, 0.15) is 41.8 Å². The quantitative estimate of drug-likeness (QED) is 0.571. The lowest BCUT2D eigenvalue weighted by atomic mass is 10.0. The van der Waals surface area contributed by atoms with Gasteiger partial charge in [-0.1, -0.05) is 32.4 Å². The van der Waals surface area contributed by atoms with Crippen molar-refractivity contribution in [3.63, 3.8) is 0 Å². The van der Waals surface area contributed by atoms with Gasteiger partial charge in [0.1, 0.15) is 5.75 Å². The number of carboxylic acids is 1. The first-order chi connectivity index (χ1) is 12.0. The molecule has 0 unspecified atom stereocenters. The monoisotopic (exact) mass is 340 g/mol. The van der Waals surface area contributed by atoms with Crippen molar-refractivity contribution in [2.24, 2.45) is 0 Å². The predicted molar refractivity (Wildman–Crippen MR) is 96.4 cm³/mol. The Morgan fingerprint density at radius 1 is 1.16 bits per heavy atom. The molecule has 0 saturated carbocycles. The molecule has 2 heterocycles. The number of carbonyl (C=O) groups is 1. The normalized spacial score (nSPS) is 11.1. The molecule has 0 bridgehead atoms. The van der Waals surface area contributed by atoms with E-state index in [-0.39, 0.29) is 0 Å². The molecular weight excluding hydrogens is 320 g/mol. The number of aromatic carboxylic acids is 1. The number of fused-ring (bicyclic) bond motifs is 1. The van der Waals surface area contributed by atoms with Crippen molar-refractivity contribution in [1.82, 2.24) is 9.97 Å². The van der Waals surface area contributed by atoms with Gasteiger partial charge >= 0.3 is 5.97 Å². The molecule has 6 heteroatoms. The maximum atomic E-state index is 12.1. The number of aryl methyl sites for hydroxylation is 1. The van der Waals surface area contributed by atoms with Gasteiger partial charge in [-0.15, -0.1) is 0 Å². The number of hydrogen-bond donors (Lipinski definition) is 4. The number of aromatic nitrogens is 2. The van der Waals surface area contributed by atoms with Crippen LogP contribution in [0.4, 0.5) is 0 Å². The smallest absolute Gasteiger partial charge is 0.345 e. The van der Waals surface area contributed by atoms with Gasteiger partial charge in [0.15, 0.2) is 5.56 Å². The first kappa shape index (κ1) is 16.8. The summed E-state index contributed by atoms with van der Waals surface area (Å²) in [6.07, 6.45) is 2.42. The van der Waals surface area contributed by atoms with Crippen LogP contribution in [0.2, 0.25) is 0 Å². The summed E-state index contributed by atoms with van der Waals surface area (Å²) in [5, 5.41) is 20.4. The highest BCUT2D eigenvalue weighted by Gasteiger charge is 2.22. The lowest BCUT2D eigenvalue weighted by molar-refractivity contribution is 0.0691. The van der Waals surface area contributed by atoms with E-state index in [1.165, 1.54) is 5.56 Å². The Morgan fingerprint density at radius 3 is 2.56 bits per heavy atom. The molecule has 0 saturated heterocycles. The van der Waals surface area contributed by atoms with Gasteiger partial charge in [0.2, 0.25) is 0 Å². The number of aromatic amines is 2. The number of benzene rings is 1. The Balaban J connectivity index is 2.20. The molecule has 4 N–H and O–H groups in total. The highest BCUT2D eigenvalue weighted by molar-refractivity contribution is 5.92. The minimum absolute atomic E-state index is 0.384. The van der Waals surface area contributed by atoms with Gasteiger partial charge in [0.05, 0.1) is 11.4 Å². The molecule has 0 aliphatic heterocycles. The van der Waals surface area contributed by atoms with Crippen LogP contribution in [-0.4, -0.2) is 26.2 Å². The average Bonchev–Trinajstić information content (AvgIpc) is 2.97. The molecule has 0 aliphatic carbocycles. The molecule has 2 aromatic heterocycles. The third-order valence-electron chi connectivity index (χ3n) is 4.35. The summed E-state index contributed by atoms with van der Waals surface area (Å²) < 4.78 is 0. The van der Waals surface area contributed by atoms with E-state index in [1.807, 2.05) is 12.1 Å². The molecule has 25 heavy (non-hydrogen) atoms. The van der Waals surface area contributed by atoms with Crippen molar-refractivity contribution in [2.45, 2.75) is 33.1 Å². The molecule has 0 spiro atoms. The van der Waals surface area contributed by atoms with E-state index < -0.39 is 22.8 Å². The molecule has 130 valence electrons. The van der Waals surface area contributed by atoms with Crippen LogP contribution in [0, 0.1) is 0 Å². The number of hydrogen-bond acceptors (Lipinski definition) is 3. The van der Waals surface area contributed by atoms with E-state index in [9.17, 15) is 14.7 Å². The Morgan fingerprint density at radius 2 is 1.92 bits per heavy atom. The third kappa shape index (κ3) is 2.91. The SMILES string of the molecule is CCCc1ccc2cc(-c3[nH]c(=O)c(C(=O)O)c(O)c3CC)[nH]c2c1. The van der Waals surface area contributed by atoms with Crippen LogP contribution < -0.4 is 5.56 Å². The van der Waals surface area contributed by atoms with Crippen molar-refractivity contribution in [3.05, 3.63) is 51.3 Å². The predicted octanol–water partition coefficient (Wildman–Crippen LogP) is 3.44. The Kier molecular flexibility index (Phi) is 4.35. The molecule has 3 aromatic rings. The fourth-order valence-electron chi connectivity index (χ4n) is 3.15. The minimum atomic E-state index is -1.44. The van der Waals surface area contributed by atoms with Crippen molar-refractivity contribution in [2.75, 3.05) is 0 Å². The molecular formula is C19H20N2O4. The van der Waals surface area contributed by atoms with E-state index in [4.69, 9.17) is 5.11 Å². The Bertz CT molecular complexity index is 1010. The number of H-pyrrole nitrogens is 2. The van der Waals surface area contributed by atoms with E-state index >= 15 is 0 Å². The summed E-state index contributed by atoms with van der Waals surface area (Å²) in [5.41, 5.74) is 2.18. The van der Waals surface area contributed by atoms with Crippen LogP contribution in [0.3, 0.4) is 0 Å². The zero-order valence-corrected chi connectivity index (χ0v) is 14.1. The summed E-state index contributed by atoms with van der Waals surface area (Å²) in [6.45, 7) is 3.92. The van der Waals surface area contributed by atoms with Crippen LogP contribution in [0.25, 0.3) is 22.3 Å². The zero-order valence-electron chi connectivity index (χ0n) is 14.1. The number of rotatable bonds is 5. The fourth-order valence-corrected chi connectivity index (χ4v) is 3.15. The summed E-state index contributed by atoms with van der Waals surface area (Å²) in [5.74, 6) is -1.92. The number of carboxylic acid groups (broad SMARTS) is 1. The van der Waals surface area contributed by atoms with E-state index in [2.05, 4.69) is 29.0 Å². The average molecular weight is 340 g/mol. The summed E-state index contributed by atoms with van der Waals surface area (Å²) in [7, 11) is 0. The second-order valence-electron chi connectivity index (χ2n) is 6.04. The molecule has 3 rings (SSSR count). The second kappa shape index (κ2) is 6.47. The first-order valence-electron chi connectivity index (χ1n) is 8.29. The molecule has 0 aliphatic rings. The van der Waals surface area contributed by atoms with Crippen molar-refractivity contribution >= 4 is 16.9 Å². The molecule has 0 atom stereocenters. The topological polar surface area (TPSA) is 106 Å². The lowest BCUT2D eigenvalue weighted by Crippen LogP contribution is -2.20. The summed E-state index contributed by atoms with van der Waals surface area (Å²) >= 11 is 0. The van der Waals surface area contributed by atoms with Gasteiger partial charge in [-0.2, -0.15) is 0 Å². The van der Waals surface area contributed by atoms with E-state index in [0.29, 0.717) is 23.4 Å². The van der Waals surface area contributed by atoms with Gasteiger partial charge < -0.3 is 20.2 Å². The maximum absolute atomic E-state index is 12.1. The highest BCUT2D eigenvalue weighted by atomic mass is 16.4. The van der Waals surface area contributed by atoms with Gasteiger partial charge in [-0.3, -0.25) is 4.79 Å². The Hall–Kier alpha value is -3.02.